The van der Waals surface area contributed by atoms with E-state index in [1.807, 2.05) is 18.2 Å². The Morgan fingerprint density at radius 1 is 1.11 bits per heavy atom. The molecule has 0 spiro atoms. The number of fused-ring (bicyclic) bond motifs is 1. The van der Waals surface area contributed by atoms with Crippen LogP contribution < -0.4 is 10.6 Å². The summed E-state index contributed by atoms with van der Waals surface area (Å²) < 4.78 is 0.955. The summed E-state index contributed by atoms with van der Waals surface area (Å²) in [6.07, 6.45) is 3.81. The molecule has 0 aliphatic carbocycles. The van der Waals surface area contributed by atoms with Crippen LogP contribution in [0, 0.1) is 0 Å². The Labute approximate surface area is 163 Å². The lowest BCUT2D eigenvalue weighted by atomic mass is 10.0. The van der Waals surface area contributed by atoms with Gasteiger partial charge >= 0.3 is 0 Å². The maximum Gasteiger partial charge on any atom is 0.268 e. The van der Waals surface area contributed by atoms with Crippen LogP contribution in [-0.2, 0) is 16.0 Å². The van der Waals surface area contributed by atoms with Gasteiger partial charge < -0.3 is 20.7 Å². The molecule has 1 aromatic heterocycles. The number of aromatic amines is 1. The molecule has 1 aliphatic heterocycles. The van der Waals surface area contributed by atoms with E-state index in [0.717, 1.165) is 26.5 Å². The van der Waals surface area contributed by atoms with Crippen LogP contribution in [0.4, 0.5) is 0 Å². The second kappa shape index (κ2) is 6.92. The first-order chi connectivity index (χ1) is 13.0. The van der Waals surface area contributed by atoms with Gasteiger partial charge in [-0.2, -0.15) is 0 Å². The van der Waals surface area contributed by atoms with Crippen molar-refractivity contribution in [3.8, 4) is 5.75 Å². The molecule has 6 nitrogen and oxygen atoms in total. The van der Waals surface area contributed by atoms with Crippen LogP contribution >= 0.6 is 15.9 Å². The number of amides is 2. The van der Waals surface area contributed by atoms with Crippen LogP contribution in [0.25, 0.3) is 17.0 Å². The van der Waals surface area contributed by atoms with E-state index in [1.165, 1.54) is 0 Å². The van der Waals surface area contributed by atoms with Crippen molar-refractivity contribution < 1.29 is 14.7 Å². The highest BCUT2D eigenvalue weighted by molar-refractivity contribution is 9.10. The number of hydrogen-bond acceptors (Lipinski definition) is 3. The molecule has 136 valence electrons. The molecule has 2 aromatic carbocycles. The van der Waals surface area contributed by atoms with Crippen molar-refractivity contribution in [1.82, 2.24) is 15.6 Å². The van der Waals surface area contributed by atoms with Gasteiger partial charge in [0.1, 0.15) is 17.5 Å². The summed E-state index contributed by atoms with van der Waals surface area (Å²) in [7, 11) is 0. The number of aromatic nitrogens is 1. The number of piperazine rings is 1. The average molecular weight is 426 g/mol. The van der Waals surface area contributed by atoms with Gasteiger partial charge in [-0.05, 0) is 35.9 Å². The number of halogens is 1. The standard InChI is InChI=1S/C20H16BrN3O3/c21-13-3-6-15-12(10-22-16(15)9-13)8-18-20(27)23-17(19(26)24-18)7-11-1-4-14(25)5-2-11/h1-6,8-10,17,22,25H,7H2,(H,23,27)(H,24,26)/b18-8-. The Kier molecular flexibility index (Phi) is 4.45. The van der Waals surface area contributed by atoms with E-state index in [1.54, 1.807) is 36.5 Å². The zero-order valence-electron chi connectivity index (χ0n) is 14.1. The molecule has 2 heterocycles. The van der Waals surface area contributed by atoms with Crippen molar-refractivity contribution in [3.63, 3.8) is 0 Å². The molecule has 27 heavy (non-hydrogen) atoms. The van der Waals surface area contributed by atoms with E-state index in [0.29, 0.717) is 6.42 Å². The number of carbonyl (C=O) groups is 2. The third kappa shape index (κ3) is 3.59. The van der Waals surface area contributed by atoms with Gasteiger partial charge in [0.25, 0.3) is 5.91 Å². The summed E-state index contributed by atoms with van der Waals surface area (Å²) in [6, 6.07) is 11.7. The number of benzene rings is 2. The fourth-order valence-corrected chi connectivity index (χ4v) is 3.45. The second-order valence-electron chi connectivity index (χ2n) is 6.38. The van der Waals surface area contributed by atoms with E-state index in [-0.39, 0.29) is 23.3 Å². The van der Waals surface area contributed by atoms with Gasteiger partial charge in [-0.15, -0.1) is 0 Å². The summed E-state index contributed by atoms with van der Waals surface area (Å²) in [5.74, 6) is -0.437. The van der Waals surface area contributed by atoms with Gasteiger partial charge in [-0.25, -0.2) is 0 Å². The highest BCUT2D eigenvalue weighted by Gasteiger charge is 2.29. The Bertz CT molecular complexity index is 1070. The van der Waals surface area contributed by atoms with Crippen molar-refractivity contribution in [2.75, 3.05) is 0 Å². The highest BCUT2D eigenvalue weighted by atomic mass is 79.9. The lowest BCUT2D eigenvalue weighted by Crippen LogP contribution is -2.55. The Hall–Kier alpha value is -3.06. The number of carbonyl (C=O) groups excluding carboxylic acids is 2. The van der Waals surface area contributed by atoms with Gasteiger partial charge in [0.2, 0.25) is 5.91 Å². The molecule has 2 amide bonds. The number of H-pyrrole nitrogens is 1. The van der Waals surface area contributed by atoms with Crippen molar-refractivity contribution >= 4 is 44.7 Å². The Morgan fingerprint density at radius 3 is 2.67 bits per heavy atom. The molecular weight excluding hydrogens is 410 g/mol. The summed E-state index contributed by atoms with van der Waals surface area (Å²) >= 11 is 3.42. The summed E-state index contributed by atoms with van der Waals surface area (Å²) in [6.45, 7) is 0. The molecule has 1 fully saturated rings. The maximum atomic E-state index is 12.5. The molecule has 1 atom stereocenters. The van der Waals surface area contributed by atoms with Crippen LogP contribution in [0.15, 0.2) is 58.8 Å². The third-order valence-corrected chi connectivity index (χ3v) is 4.97. The molecule has 0 bridgehead atoms. The zero-order valence-corrected chi connectivity index (χ0v) is 15.7. The van der Waals surface area contributed by atoms with Gasteiger partial charge in [0.15, 0.2) is 0 Å². The third-order valence-electron chi connectivity index (χ3n) is 4.48. The smallest absolute Gasteiger partial charge is 0.268 e. The number of hydrogen-bond donors (Lipinski definition) is 4. The number of phenolic OH excluding ortho intramolecular Hbond substituents is 1. The number of phenols is 1. The van der Waals surface area contributed by atoms with Crippen molar-refractivity contribution in [2.45, 2.75) is 12.5 Å². The van der Waals surface area contributed by atoms with Crippen LogP contribution in [0.3, 0.4) is 0 Å². The normalized spacial score (nSPS) is 18.6. The molecule has 3 aromatic rings. The fourth-order valence-electron chi connectivity index (χ4n) is 3.09. The fraction of sp³-hybridized carbons (Fsp3) is 0.100. The summed E-state index contributed by atoms with van der Waals surface area (Å²) in [5.41, 5.74) is 2.82. The zero-order chi connectivity index (χ0) is 19.0. The lowest BCUT2D eigenvalue weighted by molar-refractivity contribution is -0.131. The molecule has 4 N–H and O–H groups in total. The van der Waals surface area contributed by atoms with Gasteiger partial charge in [0, 0.05) is 33.6 Å². The second-order valence-corrected chi connectivity index (χ2v) is 7.29. The maximum absolute atomic E-state index is 12.5. The largest absolute Gasteiger partial charge is 0.508 e. The van der Waals surface area contributed by atoms with Crippen molar-refractivity contribution in [1.29, 1.82) is 0 Å². The Morgan fingerprint density at radius 2 is 1.89 bits per heavy atom. The van der Waals surface area contributed by atoms with E-state index in [4.69, 9.17) is 0 Å². The Balaban J connectivity index is 1.54. The molecule has 1 saturated heterocycles. The predicted octanol–water partition coefficient (Wildman–Crippen LogP) is 2.83. The molecule has 7 heteroatoms. The molecule has 1 aliphatic rings. The topological polar surface area (TPSA) is 94.2 Å². The van der Waals surface area contributed by atoms with E-state index in [2.05, 4.69) is 31.5 Å². The van der Waals surface area contributed by atoms with Crippen LogP contribution in [0.5, 0.6) is 5.75 Å². The minimum absolute atomic E-state index is 0.159. The minimum atomic E-state index is -0.655. The predicted molar refractivity (Wildman–Crippen MR) is 106 cm³/mol. The van der Waals surface area contributed by atoms with E-state index in [9.17, 15) is 14.7 Å². The van der Waals surface area contributed by atoms with Crippen LogP contribution in [-0.4, -0.2) is 27.9 Å². The van der Waals surface area contributed by atoms with E-state index >= 15 is 0 Å². The molecular formula is C20H16BrN3O3. The number of nitrogens with one attached hydrogen (secondary N) is 3. The SMILES string of the molecule is O=C1NC(Cc2ccc(O)cc2)C(=O)N/C1=C\c1c[nH]c2cc(Br)ccc12. The van der Waals surface area contributed by atoms with Gasteiger partial charge in [-0.3, -0.25) is 9.59 Å². The monoisotopic (exact) mass is 425 g/mol. The average Bonchev–Trinajstić information content (AvgIpc) is 3.03. The van der Waals surface area contributed by atoms with Crippen LogP contribution in [0.2, 0.25) is 0 Å². The van der Waals surface area contributed by atoms with Crippen LogP contribution in [0.1, 0.15) is 11.1 Å². The minimum Gasteiger partial charge on any atom is -0.508 e. The number of aromatic hydroxyl groups is 1. The molecule has 0 saturated carbocycles. The first-order valence-corrected chi connectivity index (χ1v) is 9.17. The first-order valence-electron chi connectivity index (χ1n) is 8.37. The van der Waals surface area contributed by atoms with E-state index < -0.39 is 6.04 Å². The molecule has 0 radical (unpaired) electrons. The number of rotatable bonds is 3. The molecule has 4 rings (SSSR count). The van der Waals surface area contributed by atoms with Gasteiger partial charge in [-0.1, -0.05) is 34.1 Å². The van der Waals surface area contributed by atoms with Gasteiger partial charge in [0.05, 0.1) is 0 Å². The van der Waals surface area contributed by atoms with Crippen molar-refractivity contribution in [2.24, 2.45) is 0 Å². The first kappa shape index (κ1) is 17.4. The van der Waals surface area contributed by atoms with Crippen molar-refractivity contribution in [3.05, 3.63) is 70.0 Å². The summed E-state index contributed by atoms with van der Waals surface area (Å²) in [4.78, 5) is 28.0. The summed E-state index contributed by atoms with van der Waals surface area (Å²) in [5, 5.41) is 15.7. The quantitative estimate of drug-likeness (QED) is 0.486. The highest BCUT2D eigenvalue weighted by Crippen LogP contribution is 2.24. The lowest BCUT2D eigenvalue weighted by Gasteiger charge is -2.25. The molecule has 1 unspecified atom stereocenters.